The van der Waals surface area contributed by atoms with Crippen molar-refractivity contribution in [2.24, 2.45) is 0 Å². The Morgan fingerprint density at radius 3 is 2.48 bits per heavy atom. The van der Waals surface area contributed by atoms with Gasteiger partial charge in [-0.25, -0.2) is 9.97 Å². The molecule has 0 atom stereocenters. The summed E-state index contributed by atoms with van der Waals surface area (Å²) in [6.45, 7) is 5.96. The highest BCUT2D eigenvalue weighted by molar-refractivity contribution is 5.35. The Bertz CT molecular complexity index is 685. The summed E-state index contributed by atoms with van der Waals surface area (Å²) in [5, 5.41) is 17.5. The maximum atomic E-state index is 8.74. The second kappa shape index (κ2) is 6.83. The number of nitrogens with zero attached hydrogens (tertiary/aromatic N) is 6. The molecule has 0 N–H and O–H groups in total. The smallest absolute Gasteiger partial charge is 0.234 e. The highest BCUT2D eigenvalue weighted by Crippen LogP contribution is 2.12. The van der Waals surface area contributed by atoms with E-state index in [0.29, 0.717) is 38.3 Å². The Morgan fingerprint density at radius 1 is 1.19 bits per heavy atom. The number of hydrogen-bond acceptors (Lipinski definition) is 5. The maximum absolute atomic E-state index is 8.74. The van der Waals surface area contributed by atoms with Gasteiger partial charge in [-0.05, 0) is 19.9 Å². The van der Waals surface area contributed by atoms with Crippen LogP contribution in [0.4, 0.5) is 0 Å². The average molecular weight is 282 g/mol. The van der Waals surface area contributed by atoms with E-state index in [1.54, 1.807) is 0 Å². The molecule has 21 heavy (non-hydrogen) atoms. The molecule has 0 saturated heterocycles. The molecule has 0 bridgehead atoms. The lowest BCUT2D eigenvalue weighted by Gasteiger charge is -2.19. The number of aromatic nitrogens is 3. The second-order valence-electron chi connectivity index (χ2n) is 5.02. The van der Waals surface area contributed by atoms with Gasteiger partial charge in [0.15, 0.2) is 0 Å². The molecule has 2 aromatic rings. The second-order valence-corrected chi connectivity index (χ2v) is 5.02. The Morgan fingerprint density at radius 2 is 1.86 bits per heavy atom. The molecule has 0 aromatic carbocycles. The minimum absolute atomic E-state index is 0.457. The standard InChI is InChI=1S/C15H18N6/c1-12-9-13(2)21-14(10-18-15(21)19-12)11-20(7-3-5-16)8-4-6-17/h9-10H,3-4,7-8,11H2,1-2H3. The van der Waals surface area contributed by atoms with Gasteiger partial charge in [0.25, 0.3) is 0 Å². The third-order valence-electron chi connectivity index (χ3n) is 3.33. The monoisotopic (exact) mass is 282 g/mol. The molecule has 0 radical (unpaired) electrons. The van der Waals surface area contributed by atoms with E-state index in [9.17, 15) is 0 Å². The average Bonchev–Trinajstić information content (AvgIpc) is 2.84. The summed E-state index contributed by atoms with van der Waals surface area (Å²) < 4.78 is 2.03. The van der Waals surface area contributed by atoms with Gasteiger partial charge in [0.2, 0.25) is 5.78 Å². The first-order valence-electron chi connectivity index (χ1n) is 6.92. The van der Waals surface area contributed by atoms with Gasteiger partial charge >= 0.3 is 0 Å². The van der Waals surface area contributed by atoms with E-state index in [-0.39, 0.29) is 0 Å². The van der Waals surface area contributed by atoms with Crippen LogP contribution >= 0.6 is 0 Å². The third kappa shape index (κ3) is 3.56. The quantitative estimate of drug-likeness (QED) is 0.809. The minimum atomic E-state index is 0.457. The summed E-state index contributed by atoms with van der Waals surface area (Å²) in [6.07, 6.45) is 2.73. The van der Waals surface area contributed by atoms with Crippen molar-refractivity contribution in [2.45, 2.75) is 33.2 Å². The van der Waals surface area contributed by atoms with Crippen molar-refractivity contribution in [3.05, 3.63) is 29.3 Å². The Kier molecular flexibility index (Phi) is 4.86. The summed E-state index contributed by atoms with van der Waals surface area (Å²) in [7, 11) is 0. The van der Waals surface area contributed by atoms with Gasteiger partial charge in [-0.3, -0.25) is 9.30 Å². The van der Waals surface area contributed by atoms with Crippen LogP contribution in [0.3, 0.4) is 0 Å². The zero-order valence-electron chi connectivity index (χ0n) is 12.4. The van der Waals surface area contributed by atoms with Gasteiger partial charge in [0, 0.05) is 43.9 Å². The van der Waals surface area contributed by atoms with E-state index in [2.05, 4.69) is 27.0 Å². The van der Waals surface area contributed by atoms with Gasteiger partial charge in [0.05, 0.1) is 24.0 Å². The molecule has 0 fully saturated rings. The first kappa shape index (κ1) is 15.0. The van der Waals surface area contributed by atoms with Gasteiger partial charge in [-0.1, -0.05) is 0 Å². The molecule has 2 rings (SSSR count). The summed E-state index contributed by atoms with van der Waals surface area (Å²) in [6, 6.07) is 6.32. The third-order valence-corrected chi connectivity index (χ3v) is 3.33. The van der Waals surface area contributed by atoms with Crippen molar-refractivity contribution in [3.63, 3.8) is 0 Å². The molecule has 0 amide bonds. The van der Waals surface area contributed by atoms with E-state index >= 15 is 0 Å². The van der Waals surface area contributed by atoms with Crippen molar-refractivity contribution in [1.82, 2.24) is 19.3 Å². The SMILES string of the molecule is Cc1cc(C)n2c(CN(CCC#N)CCC#N)cnc2n1. The van der Waals surface area contributed by atoms with E-state index in [1.165, 1.54) is 0 Å². The lowest BCUT2D eigenvalue weighted by atomic mass is 10.3. The largest absolute Gasteiger partial charge is 0.295 e. The fraction of sp³-hybridized carbons (Fsp3) is 0.467. The molecule has 6 heteroatoms. The summed E-state index contributed by atoms with van der Waals surface area (Å²) in [5.74, 6) is 0.697. The van der Waals surface area contributed by atoms with Crippen molar-refractivity contribution < 1.29 is 0 Å². The van der Waals surface area contributed by atoms with Gasteiger partial charge < -0.3 is 0 Å². The molecule has 0 aliphatic heterocycles. The normalized spacial score (nSPS) is 10.7. The summed E-state index contributed by atoms with van der Waals surface area (Å²) >= 11 is 0. The van der Waals surface area contributed by atoms with Crippen LogP contribution in [0.15, 0.2) is 12.3 Å². The van der Waals surface area contributed by atoms with E-state index in [1.807, 2.05) is 30.5 Å². The van der Waals surface area contributed by atoms with Crippen LogP contribution in [-0.4, -0.2) is 32.4 Å². The predicted molar refractivity (Wildman–Crippen MR) is 78.2 cm³/mol. The van der Waals surface area contributed by atoms with E-state index in [4.69, 9.17) is 10.5 Å². The molecule has 0 unspecified atom stereocenters. The molecular formula is C15H18N6. The molecule has 108 valence electrons. The van der Waals surface area contributed by atoms with Crippen LogP contribution in [-0.2, 0) is 6.54 Å². The molecule has 0 aliphatic carbocycles. The highest BCUT2D eigenvalue weighted by Gasteiger charge is 2.12. The lowest BCUT2D eigenvalue weighted by Crippen LogP contribution is -2.26. The molecule has 2 aromatic heterocycles. The van der Waals surface area contributed by atoms with Crippen LogP contribution in [0.5, 0.6) is 0 Å². The number of nitriles is 2. The van der Waals surface area contributed by atoms with Gasteiger partial charge in [0.1, 0.15) is 0 Å². The zero-order chi connectivity index (χ0) is 15.2. The molecular weight excluding hydrogens is 264 g/mol. The molecule has 2 heterocycles. The summed E-state index contributed by atoms with van der Waals surface area (Å²) in [4.78, 5) is 10.9. The first-order valence-corrected chi connectivity index (χ1v) is 6.92. The number of aryl methyl sites for hydroxylation is 2. The number of rotatable bonds is 6. The minimum Gasteiger partial charge on any atom is -0.295 e. The Balaban J connectivity index is 2.24. The number of hydrogen-bond donors (Lipinski definition) is 0. The predicted octanol–water partition coefficient (Wildman–Crippen LogP) is 1.98. The van der Waals surface area contributed by atoms with Crippen molar-refractivity contribution in [1.29, 1.82) is 10.5 Å². The van der Waals surface area contributed by atoms with Crippen LogP contribution in [0, 0.1) is 36.5 Å². The fourth-order valence-electron chi connectivity index (χ4n) is 2.42. The molecule has 6 nitrogen and oxygen atoms in total. The van der Waals surface area contributed by atoms with Crippen LogP contribution < -0.4 is 0 Å². The van der Waals surface area contributed by atoms with Crippen LogP contribution in [0.25, 0.3) is 5.78 Å². The highest BCUT2D eigenvalue weighted by atomic mass is 15.2. The molecule has 0 spiro atoms. The van der Waals surface area contributed by atoms with Gasteiger partial charge in [-0.15, -0.1) is 0 Å². The van der Waals surface area contributed by atoms with E-state index in [0.717, 1.165) is 17.1 Å². The fourth-order valence-corrected chi connectivity index (χ4v) is 2.42. The number of fused-ring (bicyclic) bond motifs is 1. The van der Waals surface area contributed by atoms with Crippen molar-refractivity contribution in [2.75, 3.05) is 13.1 Å². The van der Waals surface area contributed by atoms with Crippen LogP contribution in [0.2, 0.25) is 0 Å². The van der Waals surface area contributed by atoms with Crippen molar-refractivity contribution >= 4 is 5.78 Å². The van der Waals surface area contributed by atoms with Gasteiger partial charge in [-0.2, -0.15) is 10.5 Å². The first-order chi connectivity index (χ1) is 10.2. The molecule has 0 saturated carbocycles. The lowest BCUT2D eigenvalue weighted by molar-refractivity contribution is 0.274. The number of imidazole rings is 1. The van der Waals surface area contributed by atoms with E-state index < -0.39 is 0 Å². The maximum Gasteiger partial charge on any atom is 0.234 e. The van der Waals surface area contributed by atoms with Crippen LogP contribution in [0.1, 0.15) is 29.9 Å². The topological polar surface area (TPSA) is 81.0 Å². The van der Waals surface area contributed by atoms with Crippen molar-refractivity contribution in [3.8, 4) is 12.1 Å². The zero-order valence-corrected chi connectivity index (χ0v) is 12.4. The summed E-state index contributed by atoms with van der Waals surface area (Å²) in [5.41, 5.74) is 3.07. The Hall–Kier alpha value is -2.44. The Labute approximate surface area is 124 Å². The molecule has 0 aliphatic rings.